The van der Waals surface area contributed by atoms with Gasteiger partial charge in [-0.15, -0.1) is 0 Å². The summed E-state index contributed by atoms with van der Waals surface area (Å²) in [5.74, 6) is 0. The van der Waals surface area contributed by atoms with Crippen molar-refractivity contribution in [2.24, 2.45) is 0 Å². The van der Waals surface area contributed by atoms with E-state index in [-0.39, 0.29) is 11.6 Å². The molecule has 1 aromatic carbocycles. The Labute approximate surface area is 145 Å². The van der Waals surface area contributed by atoms with Crippen molar-refractivity contribution < 1.29 is 9.53 Å². The van der Waals surface area contributed by atoms with Crippen LogP contribution in [0.2, 0.25) is 0 Å². The van der Waals surface area contributed by atoms with Crippen LogP contribution in [0.15, 0.2) is 30.3 Å². The van der Waals surface area contributed by atoms with Crippen LogP contribution in [0.1, 0.15) is 25.3 Å². The average molecular weight is 331 g/mol. The number of ether oxygens (including phenoxy) is 1. The highest BCUT2D eigenvalue weighted by Gasteiger charge is 2.42. The second-order valence-corrected chi connectivity index (χ2v) is 6.87. The van der Waals surface area contributed by atoms with Gasteiger partial charge < -0.3 is 14.5 Å². The van der Waals surface area contributed by atoms with Gasteiger partial charge in [0.25, 0.3) is 0 Å². The first-order valence-electron chi connectivity index (χ1n) is 9.06. The smallest absolute Gasteiger partial charge is 0.409 e. The number of piperidine rings is 1. The molecule has 0 N–H and O–H groups in total. The topological polar surface area (TPSA) is 36.0 Å². The molecular weight excluding hydrogens is 302 g/mol. The number of likely N-dealkylation sites (tertiary alicyclic amines) is 1. The van der Waals surface area contributed by atoms with Gasteiger partial charge in [-0.3, -0.25) is 4.90 Å². The zero-order valence-corrected chi connectivity index (χ0v) is 14.9. The second-order valence-electron chi connectivity index (χ2n) is 6.87. The molecule has 3 rings (SSSR count). The lowest BCUT2D eigenvalue weighted by Gasteiger charge is -2.51. The maximum absolute atomic E-state index is 12.0. The second kappa shape index (κ2) is 7.53. The standard InChI is InChI=1S/C19H29N3O2/c1-3-24-18(23)21-13-15-22(16-14-21)19(9-11-20(2)12-10-19)17-7-5-4-6-8-17/h4-8H,3,9-16H2,1-2H3. The summed E-state index contributed by atoms with van der Waals surface area (Å²) in [6, 6.07) is 10.9. The van der Waals surface area contributed by atoms with Crippen LogP contribution in [0, 0.1) is 0 Å². The molecule has 0 bridgehead atoms. The molecule has 2 heterocycles. The molecule has 0 spiro atoms. The van der Waals surface area contributed by atoms with Crippen LogP contribution in [0.25, 0.3) is 0 Å². The number of nitrogens with zero attached hydrogens (tertiary/aromatic N) is 3. The number of carbonyl (C=O) groups excluding carboxylic acids is 1. The lowest BCUT2D eigenvalue weighted by Crippen LogP contribution is -2.59. The van der Waals surface area contributed by atoms with E-state index in [1.807, 2.05) is 11.8 Å². The van der Waals surface area contributed by atoms with Gasteiger partial charge in [-0.25, -0.2) is 4.79 Å². The van der Waals surface area contributed by atoms with E-state index in [1.54, 1.807) is 0 Å². The highest BCUT2D eigenvalue weighted by atomic mass is 16.6. The molecule has 132 valence electrons. The Morgan fingerprint density at radius 1 is 1.04 bits per heavy atom. The summed E-state index contributed by atoms with van der Waals surface area (Å²) in [4.78, 5) is 18.8. The van der Waals surface area contributed by atoms with Gasteiger partial charge in [0, 0.05) is 31.7 Å². The van der Waals surface area contributed by atoms with E-state index >= 15 is 0 Å². The van der Waals surface area contributed by atoms with Gasteiger partial charge in [0.2, 0.25) is 0 Å². The van der Waals surface area contributed by atoms with Gasteiger partial charge in [-0.05, 0) is 45.5 Å². The minimum atomic E-state index is -0.172. The Hall–Kier alpha value is -1.59. The molecule has 0 radical (unpaired) electrons. The largest absolute Gasteiger partial charge is 0.450 e. The summed E-state index contributed by atoms with van der Waals surface area (Å²) in [5.41, 5.74) is 1.52. The molecular formula is C19H29N3O2. The third-order valence-electron chi connectivity index (χ3n) is 5.54. The van der Waals surface area contributed by atoms with Gasteiger partial charge in [0.15, 0.2) is 0 Å². The van der Waals surface area contributed by atoms with Crippen molar-refractivity contribution >= 4 is 6.09 Å². The molecule has 0 unspecified atom stereocenters. The van der Waals surface area contributed by atoms with Crippen molar-refractivity contribution in [1.29, 1.82) is 0 Å². The molecule has 2 fully saturated rings. The fourth-order valence-electron chi connectivity index (χ4n) is 4.06. The molecule has 1 amide bonds. The molecule has 5 heteroatoms. The van der Waals surface area contributed by atoms with Crippen LogP contribution in [0.5, 0.6) is 0 Å². The fraction of sp³-hybridized carbons (Fsp3) is 0.632. The molecule has 0 aromatic heterocycles. The number of hydrogen-bond acceptors (Lipinski definition) is 4. The SMILES string of the molecule is CCOC(=O)N1CCN(C2(c3ccccc3)CCN(C)CC2)CC1. The highest BCUT2D eigenvalue weighted by Crippen LogP contribution is 2.39. The van der Waals surface area contributed by atoms with Crippen molar-refractivity contribution in [3.05, 3.63) is 35.9 Å². The van der Waals surface area contributed by atoms with E-state index in [2.05, 4.69) is 47.2 Å². The first-order valence-corrected chi connectivity index (χ1v) is 9.06. The lowest BCUT2D eigenvalue weighted by atomic mass is 9.79. The third kappa shape index (κ3) is 3.42. The molecule has 0 aliphatic carbocycles. The maximum atomic E-state index is 12.0. The number of rotatable bonds is 3. The van der Waals surface area contributed by atoms with E-state index in [0.29, 0.717) is 6.61 Å². The predicted molar refractivity (Wildman–Crippen MR) is 95.0 cm³/mol. The fourth-order valence-corrected chi connectivity index (χ4v) is 4.06. The van der Waals surface area contributed by atoms with Crippen LogP contribution in [0.4, 0.5) is 4.79 Å². The van der Waals surface area contributed by atoms with Crippen LogP contribution in [0.3, 0.4) is 0 Å². The van der Waals surface area contributed by atoms with Gasteiger partial charge in [0.1, 0.15) is 0 Å². The van der Waals surface area contributed by atoms with Crippen molar-refractivity contribution in [3.8, 4) is 0 Å². The Kier molecular flexibility index (Phi) is 5.41. The molecule has 2 aliphatic rings. The number of hydrogen-bond donors (Lipinski definition) is 0. The number of piperazine rings is 1. The van der Waals surface area contributed by atoms with Crippen LogP contribution < -0.4 is 0 Å². The lowest BCUT2D eigenvalue weighted by molar-refractivity contribution is -0.0102. The van der Waals surface area contributed by atoms with E-state index in [0.717, 1.165) is 52.1 Å². The average Bonchev–Trinajstić information content (AvgIpc) is 2.64. The predicted octanol–water partition coefficient (Wildman–Crippen LogP) is 2.38. The quantitative estimate of drug-likeness (QED) is 0.852. The zero-order chi connectivity index (χ0) is 17.0. The van der Waals surface area contributed by atoms with Gasteiger partial charge in [-0.1, -0.05) is 30.3 Å². The van der Waals surface area contributed by atoms with E-state index < -0.39 is 0 Å². The summed E-state index contributed by atoms with van der Waals surface area (Å²) in [5, 5.41) is 0. The Bertz CT molecular complexity index is 533. The Balaban J connectivity index is 1.75. The van der Waals surface area contributed by atoms with Crippen molar-refractivity contribution in [3.63, 3.8) is 0 Å². The molecule has 1 aromatic rings. The molecule has 0 saturated carbocycles. The summed E-state index contributed by atoms with van der Waals surface area (Å²) in [7, 11) is 2.20. The monoisotopic (exact) mass is 331 g/mol. The van der Waals surface area contributed by atoms with E-state index in [4.69, 9.17) is 4.74 Å². The van der Waals surface area contributed by atoms with Crippen molar-refractivity contribution in [2.75, 3.05) is 52.9 Å². The van der Waals surface area contributed by atoms with Crippen molar-refractivity contribution in [2.45, 2.75) is 25.3 Å². The molecule has 2 saturated heterocycles. The van der Waals surface area contributed by atoms with Gasteiger partial charge >= 0.3 is 6.09 Å². The van der Waals surface area contributed by atoms with E-state index in [9.17, 15) is 4.79 Å². The third-order valence-corrected chi connectivity index (χ3v) is 5.54. The number of benzene rings is 1. The minimum absolute atomic E-state index is 0.106. The first-order chi connectivity index (χ1) is 11.7. The number of amides is 1. The molecule has 24 heavy (non-hydrogen) atoms. The molecule has 2 aliphatic heterocycles. The Morgan fingerprint density at radius 3 is 2.25 bits per heavy atom. The molecule has 5 nitrogen and oxygen atoms in total. The highest BCUT2D eigenvalue weighted by molar-refractivity contribution is 5.67. The van der Waals surface area contributed by atoms with Crippen LogP contribution in [-0.2, 0) is 10.3 Å². The van der Waals surface area contributed by atoms with Crippen LogP contribution in [-0.4, -0.2) is 73.7 Å². The zero-order valence-electron chi connectivity index (χ0n) is 14.9. The summed E-state index contributed by atoms with van der Waals surface area (Å²) in [6.07, 6.45) is 2.12. The summed E-state index contributed by atoms with van der Waals surface area (Å²) < 4.78 is 5.15. The summed E-state index contributed by atoms with van der Waals surface area (Å²) in [6.45, 7) is 7.87. The minimum Gasteiger partial charge on any atom is -0.450 e. The van der Waals surface area contributed by atoms with Gasteiger partial charge in [0.05, 0.1) is 6.61 Å². The molecule has 0 atom stereocenters. The summed E-state index contributed by atoms with van der Waals surface area (Å²) >= 11 is 0. The van der Waals surface area contributed by atoms with E-state index in [1.165, 1.54) is 5.56 Å². The normalized spacial score (nSPS) is 22.3. The number of carbonyl (C=O) groups is 1. The van der Waals surface area contributed by atoms with Crippen LogP contribution >= 0.6 is 0 Å². The maximum Gasteiger partial charge on any atom is 0.409 e. The van der Waals surface area contributed by atoms with Crippen molar-refractivity contribution in [1.82, 2.24) is 14.7 Å². The van der Waals surface area contributed by atoms with Gasteiger partial charge in [-0.2, -0.15) is 0 Å². The first kappa shape index (κ1) is 17.2. The Morgan fingerprint density at radius 2 is 1.67 bits per heavy atom.